The summed E-state index contributed by atoms with van der Waals surface area (Å²) in [6.07, 6.45) is 0.321. The number of carbonyl (C=O) groups is 2. The van der Waals surface area contributed by atoms with Gasteiger partial charge in [0.15, 0.2) is 0 Å². The van der Waals surface area contributed by atoms with Crippen molar-refractivity contribution in [1.29, 1.82) is 0 Å². The molecule has 0 N–H and O–H groups in total. The Morgan fingerprint density at radius 1 is 1.62 bits per heavy atom. The normalized spacial score (nSPS) is 26.4. The number of rotatable bonds is 1. The highest BCUT2D eigenvalue weighted by atomic mass is 16.8. The van der Waals surface area contributed by atoms with Gasteiger partial charge in [-0.05, 0) is 6.92 Å². The molecule has 1 rings (SSSR count). The molecule has 0 aromatic heterocycles. The monoisotopic (exact) mass is 186 g/mol. The van der Waals surface area contributed by atoms with Crippen LogP contribution in [0.25, 0.3) is 0 Å². The van der Waals surface area contributed by atoms with Crippen LogP contribution in [0.4, 0.5) is 4.79 Å². The maximum atomic E-state index is 11.2. The van der Waals surface area contributed by atoms with Gasteiger partial charge in [0, 0.05) is 13.0 Å². The van der Waals surface area contributed by atoms with E-state index in [-0.39, 0.29) is 0 Å². The van der Waals surface area contributed by atoms with E-state index in [9.17, 15) is 9.59 Å². The maximum Gasteiger partial charge on any atom is 0.511 e. The van der Waals surface area contributed by atoms with E-state index in [0.717, 1.165) is 7.11 Å². The summed E-state index contributed by atoms with van der Waals surface area (Å²) in [6, 6.07) is 0. The van der Waals surface area contributed by atoms with Gasteiger partial charge in [-0.3, -0.25) is 4.79 Å². The lowest BCUT2D eigenvalue weighted by Crippen LogP contribution is -2.38. The van der Waals surface area contributed by atoms with Crippen molar-refractivity contribution in [3.05, 3.63) is 11.8 Å². The Kier molecular flexibility index (Phi) is 2.27. The Morgan fingerprint density at radius 3 is 2.62 bits per heavy atom. The maximum absolute atomic E-state index is 11.2. The molecule has 0 spiro atoms. The minimum Gasteiger partial charge on any atom is -0.450 e. The molecule has 1 aliphatic heterocycles. The molecule has 0 aliphatic carbocycles. The molecule has 72 valence electrons. The molecule has 0 aromatic carbocycles. The number of carbonyl (C=O) groups excluding carboxylic acids is 2. The minimum absolute atomic E-state index is 0.407. The Morgan fingerprint density at radius 2 is 2.23 bits per heavy atom. The van der Waals surface area contributed by atoms with Crippen LogP contribution in [0.2, 0.25) is 0 Å². The topological polar surface area (TPSA) is 61.8 Å². The average molecular weight is 186 g/mol. The quantitative estimate of drug-likeness (QED) is 0.571. The first-order valence-electron chi connectivity index (χ1n) is 3.66. The molecular formula is C8H10O5. The van der Waals surface area contributed by atoms with Crippen molar-refractivity contribution in [1.82, 2.24) is 0 Å². The molecule has 0 saturated heterocycles. The number of allylic oxidation sites excluding steroid dienone is 1. The standard InChI is InChI=1S/C8H10O5/c1-5-4-6(9)8(2,12-5)13-7(10)11-3/h4H,1-3H3. The van der Waals surface area contributed by atoms with Gasteiger partial charge >= 0.3 is 11.9 Å². The Balaban J connectivity index is 2.70. The van der Waals surface area contributed by atoms with Crippen LogP contribution in [-0.2, 0) is 19.0 Å². The highest BCUT2D eigenvalue weighted by molar-refractivity contribution is 5.98. The molecule has 1 heterocycles. The molecule has 5 heteroatoms. The summed E-state index contributed by atoms with van der Waals surface area (Å²) in [5.74, 6) is -1.55. The lowest BCUT2D eigenvalue weighted by molar-refractivity contribution is -0.176. The van der Waals surface area contributed by atoms with E-state index in [2.05, 4.69) is 9.47 Å². The second-order valence-corrected chi connectivity index (χ2v) is 2.72. The first-order chi connectivity index (χ1) is 5.98. The fourth-order valence-corrected chi connectivity index (χ4v) is 0.974. The Labute approximate surface area is 75.3 Å². The van der Waals surface area contributed by atoms with Gasteiger partial charge < -0.3 is 14.2 Å². The van der Waals surface area contributed by atoms with Gasteiger partial charge in [-0.1, -0.05) is 0 Å². The molecule has 1 atom stereocenters. The molecule has 0 amide bonds. The molecule has 0 saturated carbocycles. The van der Waals surface area contributed by atoms with Gasteiger partial charge in [0.05, 0.1) is 7.11 Å². The van der Waals surface area contributed by atoms with Crippen molar-refractivity contribution >= 4 is 11.9 Å². The van der Waals surface area contributed by atoms with Gasteiger partial charge in [0.1, 0.15) is 5.76 Å². The van der Waals surface area contributed by atoms with E-state index in [1.165, 1.54) is 13.0 Å². The lowest BCUT2D eigenvalue weighted by Gasteiger charge is -2.21. The molecule has 1 unspecified atom stereocenters. The summed E-state index contributed by atoms with van der Waals surface area (Å²) in [7, 11) is 1.16. The summed E-state index contributed by atoms with van der Waals surface area (Å²) in [4.78, 5) is 21.9. The zero-order valence-electron chi connectivity index (χ0n) is 7.62. The van der Waals surface area contributed by atoms with E-state index in [1.807, 2.05) is 0 Å². The van der Waals surface area contributed by atoms with Crippen LogP contribution in [-0.4, -0.2) is 24.8 Å². The van der Waals surface area contributed by atoms with E-state index < -0.39 is 17.7 Å². The van der Waals surface area contributed by atoms with Crippen LogP contribution in [0, 0.1) is 0 Å². The number of ether oxygens (including phenoxy) is 3. The van der Waals surface area contributed by atoms with Crippen molar-refractivity contribution < 1.29 is 23.8 Å². The van der Waals surface area contributed by atoms with Crippen LogP contribution < -0.4 is 0 Å². The Hall–Kier alpha value is -1.52. The first kappa shape index (κ1) is 9.57. The fraction of sp³-hybridized carbons (Fsp3) is 0.500. The third-order valence-corrected chi connectivity index (χ3v) is 1.58. The smallest absolute Gasteiger partial charge is 0.450 e. The second kappa shape index (κ2) is 3.08. The molecule has 0 aromatic rings. The third kappa shape index (κ3) is 1.80. The predicted molar refractivity (Wildman–Crippen MR) is 41.7 cm³/mol. The van der Waals surface area contributed by atoms with Crippen molar-refractivity contribution in [2.45, 2.75) is 19.6 Å². The highest BCUT2D eigenvalue weighted by Gasteiger charge is 2.43. The van der Waals surface area contributed by atoms with Gasteiger partial charge in [-0.2, -0.15) is 0 Å². The summed E-state index contributed by atoms with van der Waals surface area (Å²) < 4.78 is 13.9. The highest BCUT2D eigenvalue weighted by Crippen LogP contribution is 2.25. The summed E-state index contributed by atoms with van der Waals surface area (Å²) in [6.45, 7) is 2.96. The van der Waals surface area contributed by atoms with E-state index in [0.29, 0.717) is 5.76 Å². The third-order valence-electron chi connectivity index (χ3n) is 1.58. The van der Waals surface area contributed by atoms with Gasteiger partial charge in [-0.25, -0.2) is 4.79 Å². The zero-order chi connectivity index (χ0) is 10.1. The van der Waals surface area contributed by atoms with E-state index in [1.54, 1.807) is 6.92 Å². The molecular weight excluding hydrogens is 176 g/mol. The molecule has 0 radical (unpaired) electrons. The molecule has 13 heavy (non-hydrogen) atoms. The van der Waals surface area contributed by atoms with Gasteiger partial charge in [0.2, 0.25) is 5.78 Å². The van der Waals surface area contributed by atoms with Crippen molar-refractivity contribution in [2.24, 2.45) is 0 Å². The summed E-state index contributed by atoms with van der Waals surface area (Å²) >= 11 is 0. The van der Waals surface area contributed by atoms with Crippen molar-refractivity contribution in [2.75, 3.05) is 7.11 Å². The van der Waals surface area contributed by atoms with Gasteiger partial charge in [-0.15, -0.1) is 0 Å². The number of hydrogen-bond donors (Lipinski definition) is 0. The first-order valence-corrected chi connectivity index (χ1v) is 3.66. The Bertz CT molecular complexity index is 280. The van der Waals surface area contributed by atoms with Crippen molar-refractivity contribution in [3.8, 4) is 0 Å². The second-order valence-electron chi connectivity index (χ2n) is 2.72. The summed E-state index contributed by atoms with van der Waals surface area (Å²) in [5.41, 5.74) is 0. The van der Waals surface area contributed by atoms with Gasteiger partial charge in [0.25, 0.3) is 0 Å². The van der Waals surface area contributed by atoms with Crippen LogP contribution >= 0.6 is 0 Å². The fourth-order valence-electron chi connectivity index (χ4n) is 0.974. The zero-order valence-corrected chi connectivity index (χ0v) is 7.62. The number of hydrogen-bond acceptors (Lipinski definition) is 5. The summed E-state index contributed by atoms with van der Waals surface area (Å²) in [5, 5.41) is 0. The number of ketones is 1. The van der Waals surface area contributed by atoms with Crippen molar-refractivity contribution in [3.63, 3.8) is 0 Å². The average Bonchev–Trinajstić information content (AvgIpc) is 2.25. The van der Waals surface area contributed by atoms with E-state index in [4.69, 9.17) is 4.74 Å². The van der Waals surface area contributed by atoms with Crippen LogP contribution in [0.15, 0.2) is 11.8 Å². The molecule has 0 bridgehead atoms. The SMILES string of the molecule is COC(=O)OC1(C)OC(C)=CC1=O. The van der Waals surface area contributed by atoms with Crippen LogP contribution in [0.1, 0.15) is 13.8 Å². The minimum atomic E-state index is -1.56. The predicted octanol–water partition coefficient (Wildman–Crippen LogP) is 0.989. The molecule has 0 fully saturated rings. The largest absolute Gasteiger partial charge is 0.511 e. The van der Waals surface area contributed by atoms with E-state index >= 15 is 0 Å². The lowest BCUT2D eigenvalue weighted by atomic mass is 10.2. The molecule has 1 aliphatic rings. The van der Waals surface area contributed by atoms with Crippen LogP contribution in [0.3, 0.4) is 0 Å². The van der Waals surface area contributed by atoms with Crippen LogP contribution in [0.5, 0.6) is 0 Å². The number of methoxy groups -OCH3 is 1. The molecule has 5 nitrogen and oxygen atoms in total.